The van der Waals surface area contributed by atoms with Crippen LogP contribution in [0.5, 0.6) is 5.75 Å². The molecule has 7 nitrogen and oxygen atoms in total. The molecule has 2 amide bonds. The van der Waals surface area contributed by atoms with Crippen LogP contribution in [0.2, 0.25) is 5.02 Å². The third kappa shape index (κ3) is 4.43. The number of nitrogens with one attached hydrogen (secondary N) is 1. The van der Waals surface area contributed by atoms with Crippen LogP contribution in [0.3, 0.4) is 0 Å². The van der Waals surface area contributed by atoms with E-state index in [1.807, 2.05) is 48.5 Å². The van der Waals surface area contributed by atoms with Crippen LogP contribution in [0.4, 0.5) is 5.69 Å². The SMILES string of the molecule is CC1Oc2ccc(NC(=O)c3cnc4ccccc4n3)cc2CN(Cc2ccccc2Cl)C1=O. The van der Waals surface area contributed by atoms with Gasteiger partial charge >= 0.3 is 0 Å². The number of carbonyl (C=O) groups is 2. The molecule has 8 heteroatoms. The smallest absolute Gasteiger partial charge is 0.275 e. The van der Waals surface area contributed by atoms with Crippen LogP contribution in [0.15, 0.2) is 72.9 Å². The molecule has 1 N–H and O–H groups in total. The molecular weight excluding hydrogens is 452 g/mol. The van der Waals surface area contributed by atoms with Gasteiger partial charge in [0.25, 0.3) is 11.8 Å². The maximum atomic E-state index is 13.0. The molecule has 0 bridgehead atoms. The highest BCUT2D eigenvalue weighted by atomic mass is 35.5. The molecule has 1 unspecified atom stereocenters. The maximum absolute atomic E-state index is 13.0. The average Bonchev–Trinajstić information content (AvgIpc) is 2.96. The highest BCUT2D eigenvalue weighted by molar-refractivity contribution is 6.31. The van der Waals surface area contributed by atoms with Crippen LogP contribution >= 0.6 is 11.6 Å². The van der Waals surface area contributed by atoms with Crippen molar-refractivity contribution in [3.8, 4) is 5.75 Å². The standard InChI is InChI=1S/C26H21ClN4O3/c1-16-26(33)31(14-17-6-2-3-7-20(17)27)15-18-12-19(10-11-24(18)34-16)29-25(32)23-13-28-21-8-4-5-9-22(21)30-23/h2-13,16H,14-15H2,1H3,(H,29,32). The normalized spacial score (nSPS) is 15.4. The lowest BCUT2D eigenvalue weighted by atomic mass is 10.1. The molecule has 0 saturated carbocycles. The molecule has 1 atom stereocenters. The number of rotatable bonds is 4. The molecule has 0 fully saturated rings. The van der Waals surface area contributed by atoms with Gasteiger partial charge in [-0.25, -0.2) is 4.98 Å². The maximum Gasteiger partial charge on any atom is 0.275 e. The Kier molecular flexibility index (Phi) is 5.86. The molecule has 1 aliphatic rings. The molecule has 5 rings (SSSR count). The van der Waals surface area contributed by atoms with Crippen molar-refractivity contribution in [3.05, 3.63) is 94.8 Å². The highest BCUT2D eigenvalue weighted by Crippen LogP contribution is 2.30. The minimum absolute atomic E-state index is 0.131. The topological polar surface area (TPSA) is 84.4 Å². The Morgan fingerprint density at radius 1 is 1.12 bits per heavy atom. The second-order valence-electron chi connectivity index (χ2n) is 8.07. The molecule has 170 valence electrons. The van der Waals surface area contributed by atoms with Gasteiger partial charge in [0.05, 0.1) is 17.2 Å². The van der Waals surface area contributed by atoms with Crippen molar-refractivity contribution >= 4 is 40.1 Å². The largest absolute Gasteiger partial charge is 0.481 e. The summed E-state index contributed by atoms with van der Waals surface area (Å²) in [6.07, 6.45) is 0.813. The van der Waals surface area contributed by atoms with E-state index in [9.17, 15) is 9.59 Å². The Bertz CT molecular complexity index is 1410. The van der Waals surface area contributed by atoms with Crippen molar-refractivity contribution in [2.75, 3.05) is 5.32 Å². The Balaban J connectivity index is 1.39. The van der Waals surface area contributed by atoms with E-state index in [0.29, 0.717) is 35.1 Å². The second kappa shape index (κ2) is 9.11. The third-order valence-corrected chi connectivity index (χ3v) is 6.01. The first kappa shape index (κ1) is 21.9. The summed E-state index contributed by atoms with van der Waals surface area (Å²) in [6.45, 7) is 2.41. The van der Waals surface area contributed by atoms with Crippen molar-refractivity contribution in [1.82, 2.24) is 14.9 Å². The Hall–Kier alpha value is -3.97. The number of carbonyl (C=O) groups excluding carboxylic acids is 2. The predicted octanol–water partition coefficient (Wildman–Crippen LogP) is 4.85. The summed E-state index contributed by atoms with van der Waals surface area (Å²) >= 11 is 6.32. The van der Waals surface area contributed by atoms with Gasteiger partial charge in [-0.05, 0) is 48.9 Å². The van der Waals surface area contributed by atoms with E-state index < -0.39 is 6.10 Å². The van der Waals surface area contributed by atoms with Crippen molar-refractivity contribution in [1.29, 1.82) is 0 Å². The number of amides is 2. The number of hydrogen-bond donors (Lipinski definition) is 1. The number of anilines is 1. The van der Waals surface area contributed by atoms with Crippen LogP contribution < -0.4 is 10.1 Å². The van der Waals surface area contributed by atoms with E-state index in [1.54, 1.807) is 30.0 Å². The fourth-order valence-electron chi connectivity index (χ4n) is 3.91. The first-order chi connectivity index (χ1) is 16.5. The summed E-state index contributed by atoms with van der Waals surface area (Å²) in [5.74, 6) is 0.101. The highest BCUT2D eigenvalue weighted by Gasteiger charge is 2.28. The molecule has 1 aromatic heterocycles. The first-order valence-corrected chi connectivity index (χ1v) is 11.2. The number of hydrogen-bond acceptors (Lipinski definition) is 5. The number of para-hydroxylation sites is 2. The van der Waals surface area contributed by atoms with Gasteiger partial charge in [-0.3, -0.25) is 14.6 Å². The van der Waals surface area contributed by atoms with E-state index in [4.69, 9.17) is 16.3 Å². The molecular formula is C26H21ClN4O3. The lowest BCUT2D eigenvalue weighted by Gasteiger charge is -2.22. The van der Waals surface area contributed by atoms with Crippen LogP contribution in [0, 0.1) is 0 Å². The Morgan fingerprint density at radius 2 is 1.88 bits per heavy atom. The van der Waals surface area contributed by atoms with Crippen molar-refractivity contribution in [2.24, 2.45) is 0 Å². The molecule has 3 aromatic carbocycles. The van der Waals surface area contributed by atoms with Crippen LogP contribution in [0.1, 0.15) is 28.5 Å². The number of benzene rings is 3. The van der Waals surface area contributed by atoms with Gasteiger partial charge in [0.15, 0.2) is 6.10 Å². The lowest BCUT2D eigenvalue weighted by molar-refractivity contribution is -0.138. The van der Waals surface area contributed by atoms with Gasteiger partial charge in [-0.2, -0.15) is 0 Å². The summed E-state index contributed by atoms with van der Waals surface area (Å²) in [6, 6.07) is 20.1. The van der Waals surface area contributed by atoms with Gasteiger partial charge in [-0.1, -0.05) is 41.9 Å². The molecule has 34 heavy (non-hydrogen) atoms. The number of aromatic nitrogens is 2. The summed E-state index contributed by atoms with van der Waals surface area (Å²) in [7, 11) is 0. The molecule has 0 aliphatic carbocycles. The predicted molar refractivity (Wildman–Crippen MR) is 130 cm³/mol. The Labute approximate surface area is 201 Å². The summed E-state index contributed by atoms with van der Waals surface area (Å²) < 4.78 is 5.90. The minimum Gasteiger partial charge on any atom is -0.481 e. The molecule has 0 radical (unpaired) electrons. The summed E-state index contributed by atoms with van der Waals surface area (Å²) in [5, 5.41) is 3.47. The number of nitrogens with zero attached hydrogens (tertiary/aromatic N) is 3. The monoisotopic (exact) mass is 472 g/mol. The molecule has 1 aliphatic heterocycles. The average molecular weight is 473 g/mol. The summed E-state index contributed by atoms with van der Waals surface area (Å²) in [4.78, 5) is 36.2. The van der Waals surface area contributed by atoms with Gasteiger partial charge in [0, 0.05) is 29.4 Å². The van der Waals surface area contributed by atoms with E-state index in [-0.39, 0.29) is 17.5 Å². The van der Waals surface area contributed by atoms with Gasteiger partial charge in [-0.15, -0.1) is 0 Å². The zero-order valence-electron chi connectivity index (χ0n) is 18.4. The molecule has 2 heterocycles. The van der Waals surface area contributed by atoms with Crippen molar-refractivity contribution in [2.45, 2.75) is 26.1 Å². The number of halogens is 1. The van der Waals surface area contributed by atoms with Crippen LogP contribution in [-0.2, 0) is 17.9 Å². The minimum atomic E-state index is -0.642. The van der Waals surface area contributed by atoms with E-state index >= 15 is 0 Å². The Morgan fingerprint density at radius 3 is 2.71 bits per heavy atom. The lowest BCUT2D eigenvalue weighted by Crippen LogP contribution is -2.37. The van der Waals surface area contributed by atoms with E-state index in [0.717, 1.165) is 16.6 Å². The third-order valence-electron chi connectivity index (χ3n) is 5.64. The second-order valence-corrected chi connectivity index (χ2v) is 8.47. The quantitative estimate of drug-likeness (QED) is 0.459. The fourth-order valence-corrected chi connectivity index (χ4v) is 4.10. The summed E-state index contributed by atoms with van der Waals surface area (Å²) in [5.41, 5.74) is 3.79. The zero-order valence-corrected chi connectivity index (χ0v) is 19.1. The van der Waals surface area contributed by atoms with Crippen molar-refractivity contribution in [3.63, 3.8) is 0 Å². The molecule has 0 spiro atoms. The van der Waals surface area contributed by atoms with E-state index in [1.165, 1.54) is 6.20 Å². The first-order valence-electron chi connectivity index (χ1n) is 10.8. The number of ether oxygens (including phenoxy) is 1. The molecule has 0 saturated heterocycles. The van der Waals surface area contributed by atoms with Gasteiger partial charge in [0.1, 0.15) is 11.4 Å². The van der Waals surface area contributed by atoms with Crippen molar-refractivity contribution < 1.29 is 14.3 Å². The fraction of sp³-hybridized carbons (Fsp3) is 0.154. The molecule has 4 aromatic rings. The number of fused-ring (bicyclic) bond motifs is 2. The van der Waals surface area contributed by atoms with Gasteiger partial charge < -0.3 is 15.0 Å². The van der Waals surface area contributed by atoms with Crippen LogP contribution in [0.25, 0.3) is 11.0 Å². The van der Waals surface area contributed by atoms with E-state index in [2.05, 4.69) is 15.3 Å². The van der Waals surface area contributed by atoms with Crippen LogP contribution in [-0.4, -0.2) is 32.8 Å². The van der Waals surface area contributed by atoms with Gasteiger partial charge in [0.2, 0.25) is 0 Å². The zero-order chi connectivity index (χ0) is 23.7.